The third-order valence-electron chi connectivity index (χ3n) is 10.2. The van der Waals surface area contributed by atoms with Gasteiger partial charge in [-0.3, -0.25) is 0 Å². The van der Waals surface area contributed by atoms with Crippen molar-refractivity contribution in [1.29, 1.82) is 0 Å². The largest absolute Gasteiger partial charge is 0.340 e. The van der Waals surface area contributed by atoms with Crippen molar-refractivity contribution in [2.24, 2.45) is 5.92 Å². The van der Waals surface area contributed by atoms with Crippen molar-refractivity contribution in [2.45, 2.75) is 18.4 Å². The predicted octanol–water partition coefficient (Wildman–Crippen LogP) is 8.59. The molecule has 0 fully saturated rings. The van der Waals surface area contributed by atoms with Crippen LogP contribution in [0.2, 0.25) is 0 Å². The first kappa shape index (κ1) is 27.1. The molecule has 0 N–H and O–H groups in total. The molecule has 4 nitrogen and oxygen atoms in total. The highest BCUT2D eigenvalue weighted by Crippen LogP contribution is 2.34. The minimum absolute atomic E-state index is 0.210. The summed E-state index contributed by atoms with van der Waals surface area (Å²) in [4.78, 5) is 12.6. The van der Waals surface area contributed by atoms with Crippen LogP contribution < -0.4 is 15.5 Å². The molecule has 0 saturated heterocycles. The van der Waals surface area contributed by atoms with Crippen LogP contribution in [0, 0.1) is 5.92 Å². The Kier molecular flexibility index (Phi) is 6.10. The molecule has 3 heterocycles. The molecule has 48 heavy (non-hydrogen) atoms. The lowest BCUT2D eigenvalue weighted by Gasteiger charge is -2.27. The molecule has 7 aromatic rings. The Morgan fingerprint density at radius 3 is 2.29 bits per heavy atom. The molecule has 3 aliphatic rings. The number of rotatable bonds is 4. The van der Waals surface area contributed by atoms with E-state index in [2.05, 4.69) is 173 Å². The molecular weight excluding hydrogens is 585 g/mol. The Morgan fingerprint density at radius 1 is 0.625 bits per heavy atom. The predicted molar refractivity (Wildman–Crippen MR) is 198 cm³/mol. The number of fused-ring (bicyclic) bond motifs is 7. The summed E-state index contributed by atoms with van der Waals surface area (Å²) < 4.78 is 2.47. The molecule has 0 amide bonds. The van der Waals surface area contributed by atoms with Crippen LogP contribution in [0.25, 0.3) is 61.8 Å². The Bertz CT molecular complexity index is 2610. The van der Waals surface area contributed by atoms with E-state index in [4.69, 9.17) is 9.97 Å². The average Bonchev–Trinajstić information content (AvgIpc) is 3.73. The van der Waals surface area contributed by atoms with Gasteiger partial charge in [0.1, 0.15) is 0 Å². The first-order valence-corrected chi connectivity index (χ1v) is 16.8. The summed E-state index contributed by atoms with van der Waals surface area (Å²) in [5, 5.41) is 7.45. The van der Waals surface area contributed by atoms with Crippen LogP contribution >= 0.6 is 0 Å². The van der Waals surface area contributed by atoms with Gasteiger partial charge in [0, 0.05) is 56.4 Å². The Hall–Kier alpha value is -6.00. The second kappa shape index (κ2) is 10.8. The van der Waals surface area contributed by atoms with E-state index < -0.39 is 0 Å². The molecule has 0 saturated carbocycles. The van der Waals surface area contributed by atoms with E-state index in [0.29, 0.717) is 5.92 Å². The summed E-state index contributed by atoms with van der Waals surface area (Å²) in [5.41, 5.74) is 6.67. The van der Waals surface area contributed by atoms with Gasteiger partial charge in [-0.15, -0.1) is 0 Å². The molecule has 0 radical (unpaired) electrons. The maximum atomic E-state index is 5.20. The molecule has 5 aromatic carbocycles. The zero-order chi connectivity index (χ0) is 31.6. The molecule has 228 valence electrons. The van der Waals surface area contributed by atoms with Crippen LogP contribution in [-0.4, -0.2) is 20.6 Å². The highest BCUT2D eigenvalue weighted by molar-refractivity contribution is 6.07. The van der Waals surface area contributed by atoms with E-state index in [0.717, 1.165) is 40.1 Å². The summed E-state index contributed by atoms with van der Waals surface area (Å²) in [7, 11) is 0. The molecule has 1 aliphatic heterocycles. The minimum Gasteiger partial charge on any atom is -0.340 e. The van der Waals surface area contributed by atoms with Crippen LogP contribution in [0.5, 0.6) is 0 Å². The summed E-state index contributed by atoms with van der Waals surface area (Å²) in [6, 6.07) is 41.4. The average molecular weight is 617 g/mol. The van der Waals surface area contributed by atoms with Gasteiger partial charge in [0.05, 0.1) is 28.1 Å². The Labute approximate surface area is 278 Å². The summed E-state index contributed by atoms with van der Waals surface area (Å²) in [6.45, 7) is 0. The second-order valence-electron chi connectivity index (χ2n) is 13.0. The maximum Gasteiger partial charge on any atom is 0.160 e. The van der Waals surface area contributed by atoms with Gasteiger partial charge >= 0.3 is 0 Å². The molecule has 10 rings (SSSR count). The third-order valence-corrected chi connectivity index (χ3v) is 10.2. The SMILES string of the molecule is C1=CCC(c2nc(-c3ccc(-n4c5c(c6ccc7ccccc7c64)=CC4C=CN(c6ccccc6)C4C=5)cc3)nc3ccccc23)C=C1. The van der Waals surface area contributed by atoms with Crippen molar-refractivity contribution in [3.8, 4) is 17.1 Å². The van der Waals surface area contributed by atoms with Crippen molar-refractivity contribution in [3.05, 3.63) is 168 Å². The lowest BCUT2D eigenvalue weighted by atomic mass is 9.94. The third kappa shape index (κ3) is 4.22. The smallest absolute Gasteiger partial charge is 0.160 e. The summed E-state index contributed by atoms with van der Waals surface area (Å²) >= 11 is 0. The fraction of sp³-hybridized carbons (Fsp3) is 0.0909. The number of hydrogen-bond acceptors (Lipinski definition) is 3. The second-order valence-corrected chi connectivity index (χ2v) is 13.0. The highest BCUT2D eigenvalue weighted by atomic mass is 15.2. The number of nitrogens with zero attached hydrogens (tertiary/aromatic N) is 4. The van der Waals surface area contributed by atoms with Gasteiger partial charge in [-0.1, -0.05) is 109 Å². The zero-order valence-corrected chi connectivity index (χ0v) is 26.3. The molecule has 0 spiro atoms. The van der Waals surface area contributed by atoms with E-state index in [1.54, 1.807) is 0 Å². The van der Waals surface area contributed by atoms with Crippen molar-refractivity contribution >= 4 is 50.4 Å². The van der Waals surface area contributed by atoms with Gasteiger partial charge < -0.3 is 9.47 Å². The minimum atomic E-state index is 0.210. The van der Waals surface area contributed by atoms with E-state index in [1.165, 1.54) is 37.9 Å². The monoisotopic (exact) mass is 616 g/mol. The van der Waals surface area contributed by atoms with Crippen molar-refractivity contribution < 1.29 is 0 Å². The van der Waals surface area contributed by atoms with Crippen LogP contribution in [0.15, 0.2) is 152 Å². The van der Waals surface area contributed by atoms with Crippen molar-refractivity contribution in [1.82, 2.24) is 14.5 Å². The van der Waals surface area contributed by atoms with Gasteiger partial charge in [-0.25, -0.2) is 9.97 Å². The molecule has 2 aromatic heterocycles. The van der Waals surface area contributed by atoms with Gasteiger partial charge in [0.25, 0.3) is 0 Å². The van der Waals surface area contributed by atoms with E-state index >= 15 is 0 Å². The van der Waals surface area contributed by atoms with Crippen molar-refractivity contribution in [2.75, 3.05) is 4.90 Å². The lowest BCUT2D eigenvalue weighted by molar-refractivity contribution is 0.755. The number of aromatic nitrogens is 3. The highest BCUT2D eigenvalue weighted by Gasteiger charge is 2.30. The van der Waals surface area contributed by atoms with Gasteiger partial charge in [-0.2, -0.15) is 0 Å². The quantitative estimate of drug-likeness (QED) is 0.199. The molecule has 4 heteroatoms. The number of para-hydroxylation sites is 2. The van der Waals surface area contributed by atoms with Gasteiger partial charge in [0.15, 0.2) is 5.82 Å². The topological polar surface area (TPSA) is 34.0 Å². The first-order valence-electron chi connectivity index (χ1n) is 16.8. The fourth-order valence-electron chi connectivity index (χ4n) is 7.90. The summed E-state index contributed by atoms with van der Waals surface area (Å²) in [6.07, 6.45) is 19.2. The van der Waals surface area contributed by atoms with Gasteiger partial charge in [-0.05, 0) is 60.3 Å². The summed E-state index contributed by atoms with van der Waals surface area (Å²) in [5.74, 6) is 1.31. The fourth-order valence-corrected chi connectivity index (χ4v) is 7.90. The molecule has 3 atom stereocenters. The van der Waals surface area contributed by atoms with E-state index in [9.17, 15) is 0 Å². The Balaban J connectivity index is 1.15. The van der Waals surface area contributed by atoms with Crippen molar-refractivity contribution in [3.63, 3.8) is 0 Å². The lowest BCUT2D eigenvalue weighted by Crippen LogP contribution is -2.41. The maximum absolute atomic E-state index is 5.20. The molecule has 3 unspecified atom stereocenters. The first-order chi connectivity index (χ1) is 23.8. The van der Waals surface area contributed by atoms with Gasteiger partial charge in [0.2, 0.25) is 0 Å². The van der Waals surface area contributed by atoms with Crippen LogP contribution in [-0.2, 0) is 0 Å². The van der Waals surface area contributed by atoms with Crippen LogP contribution in [0.4, 0.5) is 5.69 Å². The van der Waals surface area contributed by atoms with E-state index in [1.807, 2.05) is 0 Å². The number of benzene rings is 5. The van der Waals surface area contributed by atoms with Crippen LogP contribution in [0.3, 0.4) is 0 Å². The van der Waals surface area contributed by atoms with E-state index in [-0.39, 0.29) is 12.0 Å². The number of anilines is 1. The molecule has 2 aliphatic carbocycles. The van der Waals surface area contributed by atoms with Crippen LogP contribution in [0.1, 0.15) is 18.0 Å². The number of hydrogen-bond donors (Lipinski definition) is 0. The Morgan fingerprint density at radius 2 is 1.44 bits per heavy atom. The standard InChI is InChI=1S/C44H32N4/c1-3-12-30(13-4-1)42-37-17-9-10-18-39(37)45-44(46-42)31-19-22-34(23-20-31)48-41-28-40-32(25-26-47(40)33-14-5-2-6-15-33)27-38(41)36-24-21-29-11-7-8-16-35(29)43(36)48/h1-12,14-28,30,32,40H,13H2. The molecular formula is C44H32N4. The number of allylic oxidation sites excluding steroid dienone is 4. The normalized spacial score (nSPS) is 19.4. The zero-order valence-electron chi connectivity index (χ0n) is 26.3. The molecule has 0 bridgehead atoms.